The summed E-state index contributed by atoms with van der Waals surface area (Å²) in [6.07, 6.45) is 23.9. The van der Waals surface area contributed by atoms with Crippen molar-refractivity contribution >= 4 is 101 Å². The van der Waals surface area contributed by atoms with E-state index in [1.54, 1.807) is 176 Å². The third kappa shape index (κ3) is 38.0. The summed E-state index contributed by atoms with van der Waals surface area (Å²) in [5.41, 5.74) is 11.7. The Morgan fingerprint density at radius 3 is 1.06 bits per heavy atom. The second kappa shape index (κ2) is 56.3. The number of aromatic carboxylic acids is 1. The Bertz CT molecular complexity index is 5070. The second-order valence-corrected chi connectivity index (χ2v) is 28.2. The van der Waals surface area contributed by atoms with E-state index in [9.17, 15) is 52.3 Å². The number of carbonyl (C=O) groups excluding carboxylic acids is 7. The van der Waals surface area contributed by atoms with Gasteiger partial charge in [-0.15, -0.1) is 25.5 Å². The highest BCUT2D eigenvalue weighted by molar-refractivity contribution is 8.26. The molecule has 13 rings (SSSR count). The zero-order chi connectivity index (χ0) is 90.6. The third-order valence-corrected chi connectivity index (χ3v) is 17.1. The van der Waals surface area contributed by atoms with Gasteiger partial charge in [-0.2, -0.15) is 10.5 Å². The number of aliphatic carboxylic acids is 2. The van der Waals surface area contributed by atoms with Gasteiger partial charge in [0.25, 0.3) is 17.1 Å². The number of hydrogen-bond acceptors (Lipinski definition) is 28. The van der Waals surface area contributed by atoms with Crippen molar-refractivity contribution in [1.29, 1.82) is 10.5 Å². The van der Waals surface area contributed by atoms with Crippen LogP contribution >= 0.6 is 33.0 Å². The second-order valence-electron chi connectivity index (χ2n) is 25.3. The van der Waals surface area contributed by atoms with Crippen molar-refractivity contribution in [2.45, 2.75) is 95.2 Å². The van der Waals surface area contributed by atoms with Crippen LogP contribution in [0.4, 0.5) is 4.39 Å². The van der Waals surface area contributed by atoms with Crippen molar-refractivity contribution in [3.63, 3.8) is 0 Å². The van der Waals surface area contributed by atoms with Gasteiger partial charge in [-0.1, -0.05) is 32.5 Å². The number of nitrogens with zero attached hydrogens (tertiary/aromatic N) is 18. The number of amides is 3. The number of likely N-dealkylation sites (tertiary alicyclic amines) is 1. The number of carboxylic acids is 3. The van der Waals surface area contributed by atoms with Crippen LogP contribution in [0.25, 0.3) is 28.4 Å². The first-order chi connectivity index (χ1) is 59.7. The Kier molecular flexibility index (Phi) is 45.6. The lowest BCUT2D eigenvalue weighted by molar-refractivity contribution is -0.143. The van der Waals surface area contributed by atoms with Gasteiger partial charge >= 0.3 is 35.8 Å². The molecule has 0 unspecified atom stereocenters. The van der Waals surface area contributed by atoms with Crippen LogP contribution < -0.4 is 21.7 Å². The van der Waals surface area contributed by atoms with E-state index in [2.05, 4.69) is 109 Å². The van der Waals surface area contributed by atoms with E-state index in [1.165, 1.54) is 101 Å². The average molecular weight is 1790 g/mol. The van der Waals surface area contributed by atoms with Gasteiger partial charge in [0.2, 0.25) is 15.1 Å². The summed E-state index contributed by atoms with van der Waals surface area (Å²) in [6, 6.07) is 40.0. The summed E-state index contributed by atoms with van der Waals surface area (Å²) in [6.45, 7) is 3.85. The smallest absolute Gasteiger partial charge is 0.335 e. The van der Waals surface area contributed by atoms with E-state index >= 15 is 0 Å². The van der Waals surface area contributed by atoms with Gasteiger partial charge in [0.15, 0.2) is 0 Å². The maximum atomic E-state index is 12.9. The molecule has 124 heavy (non-hydrogen) atoms. The van der Waals surface area contributed by atoms with Crippen LogP contribution in [0, 0.1) is 28.5 Å². The van der Waals surface area contributed by atoms with Crippen LogP contribution in [0.1, 0.15) is 130 Å². The number of rotatable bonds is 23. The maximum Gasteiger partial charge on any atom is 0.335 e. The molecular formula is C80H86Cl3FN22O17S. The van der Waals surface area contributed by atoms with Gasteiger partial charge in [-0.05, 0) is 222 Å². The summed E-state index contributed by atoms with van der Waals surface area (Å²) in [5, 5.41) is 88.5. The average Bonchev–Trinajstić information content (AvgIpc) is 1.27. The minimum atomic E-state index is -1.67. The van der Waals surface area contributed by atoms with Crippen LogP contribution in [0.5, 0.6) is 0 Å². The SMILES string of the molecule is C1CCNCC1.COC(=O)CC[C@H](N)C(=O)O.COC(=O)CC[C@H](NC(=O)c1ccc(-n2ccnn2)cc1)C(=O)N1CCCCC1.COC(=O)CC[C@H](NC(=O)c1ccc(-n2ccnn2)cc1)C(=O)O.N#Cc1ccc(-n2ccnn2)cc1.N#Cc1ccc(F)cc1.O=C(Cl)c1ccc(-n2ccnn2)cc1.O=C(O)c1ccc(-n2ccnn2)cc1.O=S(Cl)Cl. The summed E-state index contributed by atoms with van der Waals surface area (Å²) < 4.78 is 42.5. The first-order valence-electron chi connectivity index (χ1n) is 37.3. The number of carboxylic acid groups (broad SMARTS) is 3. The Morgan fingerprint density at radius 2 is 0.774 bits per heavy atom. The summed E-state index contributed by atoms with van der Waals surface area (Å²) in [5.74, 6) is -6.01. The number of nitriles is 2. The van der Waals surface area contributed by atoms with Crippen molar-refractivity contribution in [3.05, 3.63) is 247 Å². The molecule has 44 heteroatoms. The molecule has 2 saturated heterocycles. The van der Waals surface area contributed by atoms with Crippen molar-refractivity contribution in [1.82, 2.24) is 95.8 Å². The van der Waals surface area contributed by atoms with E-state index in [1.807, 2.05) is 18.2 Å². The number of nitrogens with one attached hydrogen (secondary N) is 3. The highest BCUT2D eigenvalue weighted by Gasteiger charge is 2.29. The van der Waals surface area contributed by atoms with E-state index in [0.29, 0.717) is 46.6 Å². The number of benzene rings is 6. The lowest BCUT2D eigenvalue weighted by Crippen LogP contribution is -2.50. The molecule has 2 aliphatic rings. The molecule has 8 N–H and O–H groups in total. The van der Waals surface area contributed by atoms with Crippen molar-refractivity contribution < 1.29 is 86.1 Å². The number of ether oxygens (including phenoxy) is 3. The quantitative estimate of drug-likeness (QED) is 0.0180. The van der Waals surface area contributed by atoms with Gasteiger partial charge in [0.1, 0.15) is 23.9 Å². The molecule has 7 heterocycles. The van der Waals surface area contributed by atoms with Crippen molar-refractivity contribution in [2.75, 3.05) is 47.5 Å². The minimum absolute atomic E-state index is 0.0456. The molecule has 652 valence electrons. The molecule has 0 saturated carbocycles. The fourth-order valence-electron chi connectivity index (χ4n) is 10.3. The van der Waals surface area contributed by atoms with Crippen LogP contribution in [0.15, 0.2) is 208 Å². The standard InChI is InChI=1S/C20H25N5O4.C15H16N4O5.C9H6ClN3O.C9H6N4.C9H7N3O2.C7H4FN.C6H11NO4.C5H11N.Cl2OS/c1-29-18(26)10-9-17(20(28)24-12-3-2-4-13-24)22-19(27)15-5-7-16(8-6-15)25-14-11-21-23-25;1-24-13(20)7-6-12(15(22)23)17-14(21)10-2-4-11(5-3-10)19-9-8-16-18-19;10-9(14)7-1-3-8(4-2-7)13-6-5-11-12-13;10-7-8-1-3-9(4-2-8)13-6-5-11-12-13;13-9(14)7-1-3-8(4-2-7)12-6-5-10-11-12;8-7-3-1-6(5-9)2-4-7;1-11-5(8)3-2-4(7)6(9)10;1-2-4-6-5-3-1;1-4(2)3/h5-8,11,14,17H,2-4,9-10,12-13H2,1H3,(H,22,27);2-5,8-9,12H,6-7H2,1H3,(H,17,21)(H,22,23);1-6H;1-6H;1-6H,(H,13,14);1-4H;4H,2-3,7H2,1H3,(H,9,10);6H,1-5H2;/t17-;12-;;;;;4-;;/m00....0../s1. The third-order valence-electron chi connectivity index (χ3n) is 16.9. The number of nitrogens with two attached hydrogens (primary N) is 1. The Morgan fingerprint density at radius 1 is 0.468 bits per heavy atom. The molecule has 5 aromatic heterocycles. The molecule has 0 bridgehead atoms. The lowest BCUT2D eigenvalue weighted by Gasteiger charge is -2.30. The number of piperidine rings is 2. The molecule has 0 radical (unpaired) electrons. The van der Waals surface area contributed by atoms with E-state index < -0.39 is 74.3 Å². The zero-order valence-corrected chi connectivity index (χ0v) is 69.9. The maximum absolute atomic E-state index is 12.9. The molecule has 3 amide bonds. The minimum Gasteiger partial charge on any atom is -0.480 e. The van der Waals surface area contributed by atoms with Crippen molar-refractivity contribution in [3.8, 4) is 40.6 Å². The number of esters is 3. The monoisotopic (exact) mass is 1780 g/mol. The number of halogens is 4. The Hall–Kier alpha value is -14.2. The summed E-state index contributed by atoms with van der Waals surface area (Å²) in [7, 11) is 11.1. The zero-order valence-electron chi connectivity index (χ0n) is 66.8. The van der Waals surface area contributed by atoms with Crippen LogP contribution in [-0.2, 0) is 52.2 Å². The van der Waals surface area contributed by atoms with E-state index in [0.717, 1.165) is 42.0 Å². The molecular weight excluding hydrogens is 1700 g/mol. The number of carbonyl (C=O) groups is 10. The van der Waals surface area contributed by atoms with E-state index in [4.69, 9.17) is 47.4 Å². The molecule has 3 atom stereocenters. The van der Waals surface area contributed by atoms with Gasteiger partial charge in [-0.25, -0.2) is 41.6 Å². The predicted octanol–water partition coefficient (Wildman–Crippen LogP) is 8.34. The molecule has 2 fully saturated rings. The van der Waals surface area contributed by atoms with Gasteiger partial charge in [0, 0.05) is 70.4 Å². The van der Waals surface area contributed by atoms with Gasteiger partial charge in [0.05, 0.1) is 141 Å². The lowest BCUT2D eigenvalue weighted by atomic mass is 10.1. The van der Waals surface area contributed by atoms with Crippen molar-refractivity contribution in [2.24, 2.45) is 5.73 Å². The number of methoxy groups -OCH3 is 3. The summed E-state index contributed by atoms with van der Waals surface area (Å²) >= 11 is 5.31. The topological polar surface area (TPSA) is 543 Å². The predicted molar refractivity (Wildman–Crippen MR) is 446 cm³/mol. The fraction of sp³-hybridized carbons (Fsp3) is 0.275. The van der Waals surface area contributed by atoms with Gasteiger partial charge in [-0.3, -0.25) is 38.4 Å². The largest absolute Gasteiger partial charge is 0.480 e. The van der Waals surface area contributed by atoms with Crippen LogP contribution in [0.3, 0.4) is 0 Å². The normalized spacial score (nSPS) is 12.1. The number of hydrogen-bond donors (Lipinski definition) is 7. The van der Waals surface area contributed by atoms with Gasteiger partial charge < -0.3 is 56.1 Å². The Balaban J connectivity index is 0.000000260. The molecule has 0 spiro atoms. The molecule has 0 aliphatic carbocycles. The molecule has 2 aliphatic heterocycles. The highest BCUT2D eigenvalue weighted by Crippen LogP contribution is 2.17. The van der Waals surface area contributed by atoms with E-state index in [-0.39, 0.29) is 61.7 Å². The van der Waals surface area contributed by atoms with Crippen LogP contribution in [-0.4, -0.2) is 224 Å². The van der Waals surface area contributed by atoms with Crippen LogP contribution in [0.2, 0.25) is 0 Å². The first-order valence-corrected chi connectivity index (χ1v) is 40.4. The fourth-order valence-corrected chi connectivity index (χ4v) is 10.5. The molecule has 11 aromatic rings. The summed E-state index contributed by atoms with van der Waals surface area (Å²) in [4.78, 5) is 115. The molecule has 6 aromatic carbocycles. The first kappa shape index (κ1) is 100. The Labute approximate surface area is 725 Å². The highest BCUT2D eigenvalue weighted by atomic mass is 36.0. The molecule has 39 nitrogen and oxygen atoms in total. The number of aromatic nitrogens is 15.